The van der Waals surface area contributed by atoms with Gasteiger partial charge in [0.15, 0.2) is 5.82 Å². The highest BCUT2D eigenvalue weighted by Gasteiger charge is 2.30. The molecule has 1 aliphatic rings. The molecule has 2 heterocycles. The zero-order chi connectivity index (χ0) is 15.0. The SMILES string of the molecule is CCC1(C)CCN(c2ncc(C(C)(C)C)[nH]c2=O)CC1. The fourth-order valence-corrected chi connectivity index (χ4v) is 2.61. The van der Waals surface area contributed by atoms with Gasteiger partial charge in [0, 0.05) is 30.4 Å². The lowest BCUT2D eigenvalue weighted by atomic mass is 9.78. The van der Waals surface area contributed by atoms with Gasteiger partial charge in [0.05, 0.1) is 0 Å². The molecular formula is C16H27N3O. The van der Waals surface area contributed by atoms with E-state index in [4.69, 9.17) is 0 Å². The van der Waals surface area contributed by atoms with E-state index in [-0.39, 0.29) is 11.0 Å². The predicted molar refractivity (Wildman–Crippen MR) is 83.4 cm³/mol. The molecule has 0 spiro atoms. The molecular weight excluding hydrogens is 250 g/mol. The third kappa shape index (κ3) is 3.05. The minimum Gasteiger partial charge on any atom is -0.352 e. The molecule has 0 amide bonds. The average molecular weight is 277 g/mol. The lowest BCUT2D eigenvalue weighted by Crippen LogP contribution is -2.41. The Morgan fingerprint density at radius 2 is 1.95 bits per heavy atom. The first-order valence-corrected chi connectivity index (χ1v) is 7.60. The molecule has 1 fully saturated rings. The van der Waals surface area contributed by atoms with Crippen LogP contribution in [0.1, 0.15) is 59.6 Å². The molecule has 0 aliphatic carbocycles. The first kappa shape index (κ1) is 15.1. The third-order valence-electron chi connectivity index (χ3n) is 4.70. The summed E-state index contributed by atoms with van der Waals surface area (Å²) in [5.41, 5.74) is 1.18. The van der Waals surface area contributed by atoms with Gasteiger partial charge in [0.1, 0.15) is 0 Å². The van der Waals surface area contributed by atoms with E-state index in [0.717, 1.165) is 31.6 Å². The van der Waals surface area contributed by atoms with Gasteiger partial charge in [0.2, 0.25) is 0 Å². The number of aromatic amines is 1. The highest BCUT2D eigenvalue weighted by atomic mass is 16.1. The number of nitrogens with one attached hydrogen (secondary N) is 1. The molecule has 1 aromatic rings. The minimum atomic E-state index is -0.0760. The van der Waals surface area contributed by atoms with Crippen molar-refractivity contribution in [1.82, 2.24) is 9.97 Å². The van der Waals surface area contributed by atoms with Crippen LogP contribution in [0.2, 0.25) is 0 Å². The first-order valence-electron chi connectivity index (χ1n) is 7.60. The van der Waals surface area contributed by atoms with Gasteiger partial charge in [-0.25, -0.2) is 4.98 Å². The lowest BCUT2D eigenvalue weighted by molar-refractivity contribution is 0.237. The Labute approximate surface area is 121 Å². The molecule has 4 heteroatoms. The largest absolute Gasteiger partial charge is 0.352 e. The molecule has 1 aliphatic heterocycles. The van der Waals surface area contributed by atoms with Gasteiger partial charge in [-0.05, 0) is 18.3 Å². The van der Waals surface area contributed by atoms with Crippen LogP contribution in [0.5, 0.6) is 0 Å². The van der Waals surface area contributed by atoms with Gasteiger partial charge in [-0.3, -0.25) is 4.79 Å². The maximum absolute atomic E-state index is 12.3. The van der Waals surface area contributed by atoms with Crippen molar-refractivity contribution >= 4 is 5.82 Å². The van der Waals surface area contributed by atoms with Crippen molar-refractivity contribution in [2.24, 2.45) is 5.41 Å². The smallest absolute Gasteiger partial charge is 0.291 e. The molecule has 0 atom stereocenters. The van der Waals surface area contributed by atoms with Crippen LogP contribution in [0.25, 0.3) is 0 Å². The highest BCUT2D eigenvalue weighted by molar-refractivity contribution is 5.37. The summed E-state index contributed by atoms with van der Waals surface area (Å²) in [6, 6.07) is 0. The number of nitrogens with zero attached hydrogens (tertiary/aromatic N) is 2. The maximum atomic E-state index is 12.3. The van der Waals surface area contributed by atoms with Crippen molar-refractivity contribution in [3.05, 3.63) is 22.2 Å². The van der Waals surface area contributed by atoms with Crippen molar-refractivity contribution in [3.63, 3.8) is 0 Å². The summed E-state index contributed by atoms with van der Waals surface area (Å²) < 4.78 is 0. The highest BCUT2D eigenvalue weighted by Crippen LogP contribution is 2.34. The zero-order valence-electron chi connectivity index (χ0n) is 13.4. The third-order valence-corrected chi connectivity index (χ3v) is 4.70. The fourth-order valence-electron chi connectivity index (χ4n) is 2.61. The molecule has 0 bridgehead atoms. The zero-order valence-corrected chi connectivity index (χ0v) is 13.4. The standard InChI is InChI=1S/C16H27N3O/c1-6-16(5)7-9-19(10-8-16)13-14(20)18-12(11-17-13)15(2,3)4/h11H,6-10H2,1-5H3,(H,18,20). The Hall–Kier alpha value is -1.32. The summed E-state index contributed by atoms with van der Waals surface area (Å²) >= 11 is 0. The van der Waals surface area contributed by atoms with E-state index in [2.05, 4.69) is 49.5 Å². The van der Waals surface area contributed by atoms with Crippen LogP contribution in [-0.2, 0) is 5.41 Å². The molecule has 1 aromatic heterocycles. The molecule has 2 rings (SSSR count). The Morgan fingerprint density at radius 3 is 2.40 bits per heavy atom. The molecule has 0 unspecified atom stereocenters. The summed E-state index contributed by atoms with van der Waals surface area (Å²) in [5.74, 6) is 0.580. The second kappa shape index (κ2) is 5.23. The molecule has 0 aromatic carbocycles. The summed E-state index contributed by atoms with van der Waals surface area (Å²) in [5, 5.41) is 0. The maximum Gasteiger partial charge on any atom is 0.291 e. The van der Waals surface area contributed by atoms with Crippen LogP contribution >= 0.6 is 0 Å². The van der Waals surface area contributed by atoms with E-state index >= 15 is 0 Å². The lowest BCUT2D eigenvalue weighted by Gasteiger charge is -2.39. The number of piperidine rings is 1. The van der Waals surface area contributed by atoms with Crippen molar-refractivity contribution < 1.29 is 0 Å². The van der Waals surface area contributed by atoms with Crippen molar-refractivity contribution in [3.8, 4) is 0 Å². The van der Waals surface area contributed by atoms with Gasteiger partial charge in [-0.15, -0.1) is 0 Å². The molecule has 1 N–H and O–H groups in total. The predicted octanol–water partition coefficient (Wildman–Crippen LogP) is 3.08. The van der Waals surface area contributed by atoms with Crippen molar-refractivity contribution in [2.75, 3.05) is 18.0 Å². The van der Waals surface area contributed by atoms with E-state index in [9.17, 15) is 4.79 Å². The van der Waals surface area contributed by atoms with Crippen molar-refractivity contribution in [2.45, 2.75) is 59.3 Å². The average Bonchev–Trinajstić information content (AvgIpc) is 2.39. The molecule has 20 heavy (non-hydrogen) atoms. The van der Waals surface area contributed by atoms with E-state index in [0.29, 0.717) is 11.2 Å². The molecule has 1 saturated heterocycles. The molecule has 0 radical (unpaired) electrons. The molecule has 0 saturated carbocycles. The molecule has 112 valence electrons. The quantitative estimate of drug-likeness (QED) is 0.903. The fraction of sp³-hybridized carbons (Fsp3) is 0.750. The topological polar surface area (TPSA) is 49.0 Å². The Morgan fingerprint density at radius 1 is 1.35 bits per heavy atom. The first-order chi connectivity index (χ1) is 9.25. The van der Waals surface area contributed by atoms with E-state index < -0.39 is 0 Å². The Kier molecular flexibility index (Phi) is 3.94. The number of aromatic nitrogens is 2. The second-order valence-corrected chi connectivity index (χ2v) is 7.35. The summed E-state index contributed by atoms with van der Waals surface area (Å²) in [7, 11) is 0. The summed E-state index contributed by atoms with van der Waals surface area (Å²) in [6.07, 6.45) is 5.27. The van der Waals surface area contributed by atoms with E-state index in [1.54, 1.807) is 0 Å². The van der Waals surface area contributed by atoms with E-state index in [1.165, 1.54) is 6.42 Å². The minimum absolute atomic E-state index is 0.0578. The molecule has 4 nitrogen and oxygen atoms in total. The summed E-state index contributed by atoms with van der Waals surface area (Å²) in [6.45, 7) is 12.7. The number of H-pyrrole nitrogens is 1. The van der Waals surface area contributed by atoms with Crippen LogP contribution in [0.4, 0.5) is 5.82 Å². The number of rotatable bonds is 2. The second-order valence-electron chi connectivity index (χ2n) is 7.35. The van der Waals surface area contributed by atoms with Crippen molar-refractivity contribution in [1.29, 1.82) is 0 Å². The van der Waals surface area contributed by atoms with Gasteiger partial charge in [-0.2, -0.15) is 0 Å². The Balaban J connectivity index is 2.18. The van der Waals surface area contributed by atoms with E-state index in [1.807, 2.05) is 6.20 Å². The van der Waals surface area contributed by atoms with Crippen LogP contribution in [0.3, 0.4) is 0 Å². The van der Waals surface area contributed by atoms with Gasteiger partial charge < -0.3 is 9.88 Å². The normalized spacial score (nSPS) is 19.1. The van der Waals surface area contributed by atoms with Gasteiger partial charge in [-0.1, -0.05) is 41.0 Å². The number of hydrogen-bond acceptors (Lipinski definition) is 3. The van der Waals surface area contributed by atoms with Gasteiger partial charge >= 0.3 is 0 Å². The number of anilines is 1. The summed E-state index contributed by atoms with van der Waals surface area (Å²) in [4.78, 5) is 21.8. The van der Waals surface area contributed by atoms with Crippen LogP contribution in [0.15, 0.2) is 11.0 Å². The van der Waals surface area contributed by atoms with Crippen LogP contribution in [0, 0.1) is 5.41 Å². The van der Waals surface area contributed by atoms with Crippen LogP contribution in [-0.4, -0.2) is 23.1 Å². The number of hydrogen-bond donors (Lipinski definition) is 1. The Bertz CT molecular complexity index is 519. The van der Waals surface area contributed by atoms with Gasteiger partial charge in [0.25, 0.3) is 5.56 Å². The van der Waals surface area contributed by atoms with Crippen LogP contribution < -0.4 is 10.5 Å². The monoisotopic (exact) mass is 277 g/mol.